The lowest BCUT2D eigenvalue weighted by Gasteiger charge is -2.45. The smallest absolute Gasteiger partial charge is 0.160 e. The van der Waals surface area contributed by atoms with Crippen molar-refractivity contribution in [3.8, 4) is 23.3 Å². The molecule has 2 fully saturated rings. The van der Waals surface area contributed by atoms with Gasteiger partial charge in [-0.2, -0.15) is 5.26 Å². The van der Waals surface area contributed by atoms with Crippen molar-refractivity contribution in [1.29, 1.82) is 5.26 Å². The van der Waals surface area contributed by atoms with E-state index < -0.39 is 0 Å². The van der Waals surface area contributed by atoms with Gasteiger partial charge in [-0.15, -0.1) is 0 Å². The molecule has 7 heteroatoms. The third kappa shape index (κ3) is 5.71. The minimum atomic E-state index is 0.239. The average molecular weight is 438 g/mol. The van der Waals surface area contributed by atoms with Crippen molar-refractivity contribution in [2.75, 3.05) is 60.1 Å². The second kappa shape index (κ2) is 10.7. The average Bonchev–Trinajstić information content (AvgIpc) is 2.82. The Bertz CT molecular complexity index is 914. The minimum Gasteiger partial charge on any atom is -0.493 e. The molecular formula is C25H31N3O4. The number of rotatable bonds is 9. The highest BCUT2D eigenvalue weighted by Gasteiger charge is 2.34. The summed E-state index contributed by atoms with van der Waals surface area (Å²) in [6, 6.07) is 15.5. The number of hydrogen-bond donors (Lipinski definition) is 0. The van der Waals surface area contributed by atoms with Crippen LogP contribution in [0.3, 0.4) is 0 Å². The van der Waals surface area contributed by atoms with E-state index >= 15 is 0 Å². The van der Waals surface area contributed by atoms with Crippen LogP contribution in [0.5, 0.6) is 17.2 Å². The van der Waals surface area contributed by atoms with Gasteiger partial charge in [0.15, 0.2) is 11.5 Å². The van der Waals surface area contributed by atoms with Gasteiger partial charge < -0.3 is 18.9 Å². The summed E-state index contributed by atoms with van der Waals surface area (Å²) in [5, 5.41) is 8.88. The Kier molecular flexibility index (Phi) is 7.48. The molecule has 7 nitrogen and oxygen atoms in total. The fraction of sp³-hybridized carbons (Fsp3) is 0.480. The van der Waals surface area contributed by atoms with Gasteiger partial charge in [0.2, 0.25) is 0 Å². The third-order valence-corrected chi connectivity index (χ3v) is 6.06. The van der Waals surface area contributed by atoms with Crippen LogP contribution < -0.4 is 14.2 Å². The molecule has 0 amide bonds. The van der Waals surface area contributed by atoms with Crippen LogP contribution in [-0.2, 0) is 11.2 Å². The molecule has 32 heavy (non-hydrogen) atoms. The lowest BCUT2D eigenvalue weighted by Crippen LogP contribution is -2.60. The highest BCUT2D eigenvalue weighted by atomic mass is 16.5. The summed E-state index contributed by atoms with van der Waals surface area (Å²) >= 11 is 0. The fourth-order valence-electron chi connectivity index (χ4n) is 4.47. The van der Waals surface area contributed by atoms with Crippen molar-refractivity contribution in [3.63, 3.8) is 0 Å². The van der Waals surface area contributed by atoms with Crippen LogP contribution in [0.4, 0.5) is 0 Å². The van der Waals surface area contributed by atoms with Crippen LogP contribution in [0, 0.1) is 11.3 Å². The summed E-state index contributed by atoms with van der Waals surface area (Å²) in [5.74, 6) is 2.35. The Morgan fingerprint density at radius 3 is 2.19 bits per heavy atom. The highest BCUT2D eigenvalue weighted by Crippen LogP contribution is 2.28. The van der Waals surface area contributed by atoms with Gasteiger partial charge in [-0.1, -0.05) is 6.07 Å². The number of hydrogen-bond acceptors (Lipinski definition) is 7. The molecule has 4 rings (SSSR count). The quantitative estimate of drug-likeness (QED) is 0.597. The topological polar surface area (TPSA) is 67.2 Å². The summed E-state index contributed by atoms with van der Waals surface area (Å²) in [5.41, 5.74) is 1.90. The number of benzene rings is 2. The molecule has 2 aromatic carbocycles. The number of methoxy groups -OCH3 is 2. The van der Waals surface area contributed by atoms with Crippen LogP contribution in [0.25, 0.3) is 0 Å². The molecule has 2 unspecified atom stereocenters. The van der Waals surface area contributed by atoms with Crippen molar-refractivity contribution in [2.45, 2.75) is 18.6 Å². The summed E-state index contributed by atoms with van der Waals surface area (Å²) in [7, 11) is 3.33. The Labute approximate surface area is 190 Å². The maximum absolute atomic E-state index is 8.88. The fourth-order valence-corrected chi connectivity index (χ4v) is 4.47. The zero-order valence-electron chi connectivity index (χ0n) is 18.8. The Balaban J connectivity index is 1.21. The van der Waals surface area contributed by atoms with Gasteiger partial charge in [-0.3, -0.25) is 9.80 Å². The minimum absolute atomic E-state index is 0.239. The highest BCUT2D eigenvalue weighted by molar-refractivity contribution is 5.43. The molecule has 0 spiro atoms. The molecular weight excluding hydrogens is 406 g/mol. The van der Waals surface area contributed by atoms with Crippen LogP contribution in [0.15, 0.2) is 42.5 Å². The maximum atomic E-state index is 8.88. The molecule has 2 atom stereocenters. The molecule has 0 aliphatic carbocycles. The van der Waals surface area contributed by atoms with Crippen LogP contribution in [-0.4, -0.2) is 82.1 Å². The number of fused-ring (bicyclic) bond motifs is 2. The number of ether oxygens (including phenoxy) is 4. The number of morpholine rings is 2. The Hall–Kier alpha value is -2.79. The van der Waals surface area contributed by atoms with Crippen LogP contribution in [0.2, 0.25) is 0 Å². The molecule has 2 saturated heterocycles. The molecule has 2 aromatic rings. The monoisotopic (exact) mass is 437 g/mol. The SMILES string of the molecule is COc1ccc(CCN2CC3CN(CCOc4ccc(C#N)cc4)CC(C2)O3)cc1OC. The van der Waals surface area contributed by atoms with Crippen LogP contribution in [0.1, 0.15) is 11.1 Å². The lowest BCUT2D eigenvalue weighted by atomic mass is 10.1. The summed E-state index contributed by atoms with van der Waals surface area (Å²) in [6.07, 6.45) is 1.45. The van der Waals surface area contributed by atoms with E-state index in [1.807, 2.05) is 18.2 Å². The molecule has 2 heterocycles. The zero-order valence-corrected chi connectivity index (χ0v) is 18.8. The van der Waals surface area contributed by atoms with Crippen molar-refractivity contribution in [3.05, 3.63) is 53.6 Å². The second-order valence-electron chi connectivity index (χ2n) is 8.32. The van der Waals surface area contributed by atoms with Gasteiger partial charge in [0.1, 0.15) is 12.4 Å². The summed E-state index contributed by atoms with van der Waals surface area (Å²) < 4.78 is 22.8. The first-order chi connectivity index (χ1) is 15.7. The van der Waals surface area contributed by atoms with Gasteiger partial charge in [-0.05, 0) is 48.4 Å². The Morgan fingerprint density at radius 1 is 0.906 bits per heavy atom. The van der Waals surface area contributed by atoms with E-state index in [-0.39, 0.29) is 12.2 Å². The zero-order chi connectivity index (χ0) is 22.3. The third-order valence-electron chi connectivity index (χ3n) is 6.06. The van der Waals surface area contributed by atoms with Crippen molar-refractivity contribution >= 4 is 0 Å². The summed E-state index contributed by atoms with van der Waals surface area (Å²) in [6.45, 7) is 6.29. The first kappa shape index (κ1) is 22.4. The molecule has 0 radical (unpaired) electrons. The number of nitriles is 1. The van der Waals surface area contributed by atoms with E-state index in [0.29, 0.717) is 12.2 Å². The van der Waals surface area contributed by atoms with Gasteiger partial charge in [0.05, 0.1) is 38.1 Å². The van der Waals surface area contributed by atoms with E-state index in [4.69, 9.17) is 24.2 Å². The van der Waals surface area contributed by atoms with E-state index in [9.17, 15) is 0 Å². The van der Waals surface area contributed by atoms with E-state index in [1.165, 1.54) is 5.56 Å². The van der Waals surface area contributed by atoms with E-state index in [2.05, 4.69) is 28.0 Å². The molecule has 0 N–H and O–H groups in total. The molecule has 0 saturated carbocycles. The van der Waals surface area contributed by atoms with Crippen molar-refractivity contribution < 1.29 is 18.9 Å². The van der Waals surface area contributed by atoms with Gasteiger partial charge in [0, 0.05) is 39.3 Å². The van der Waals surface area contributed by atoms with Crippen molar-refractivity contribution in [2.24, 2.45) is 0 Å². The maximum Gasteiger partial charge on any atom is 0.160 e. The first-order valence-electron chi connectivity index (χ1n) is 11.1. The second-order valence-corrected chi connectivity index (χ2v) is 8.32. The van der Waals surface area contributed by atoms with E-state index in [0.717, 1.165) is 62.9 Å². The molecule has 2 aliphatic rings. The van der Waals surface area contributed by atoms with Gasteiger partial charge in [-0.25, -0.2) is 0 Å². The predicted molar refractivity (Wildman–Crippen MR) is 121 cm³/mol. The van der Waals surface area contributed by atoms with Crippen molar-refractivity contribution in [1.82, 2.24) is 9.80 Å². The lowest BCUT2D eigenvalue weighted by molar-refractivity contribution is -0.139. The molecule has 2 aliphatic heterocycles. The standard InChI is InChI=1S/C25H31N3O4/c1-29-24-8-5-19(13-25(24)30-2)9-10-27-15-22-17-28(18-23(16-27)32-22)11-12-31-21-6-3-20(14-26)4-7-21/h3-8,13,22-23H,9-12,15-18H2,1-2H3. The molecule has 2 bridgehead atoms. The first-order valence-corrected chi connectivity index (χ1v) is 11.1. The predicted octanol–water partition coefficient (Wildman–Crippen LogP) is 2.58. The molecule has 170 valence electrons. The normalized spacial score (nSPS) is 21.0. The Morgan fingerprint density at radius 2 is 1.56 bits per heavy atom. The van der Waals surface area contributed by atoms with Gasteiger partial charge in [0.25, 0.3) is 0 Å². The largest absolute Gasteiger partial charge is 0.493 e. The van der Waals surface area contributed by atoms with Gasteiger partial charge >= 0.3 is 0 Å². The van der Waals surface area contributed by atoms with Crippen LogP contribution >= 0.6 is 0 Å². The molecule has 0 aromatic heterocycles. The van der Waals surface area contributed by atoms with E-state index in [1.54, 1.807) is 26.4 Å². The summed E-state index contributed by atoms with van der Waals surface area (Å²) in [4.78, 5) is 4.95. The number of nitrogens with zero attached hydrogens (tertiary/aromatic N) is 3.